The Balaban J connectivity index is 2.17. The lowest BCUT2D eigenvalue weighted by atomic mass is 9.94. The third-order valence-electron chi connectivity index (χ3n) is 4.11. The predicted molar refractivity (Wildman–Crippen MR) is 76.4 cm³/mol. The molecule has 1 fully saturated rings. The molecule has 2 unspecified atom stereocenters. The maximum absolute atomic E-state index is 11.4. The monoisotopic (exact) mass is 261 g/mol. The summed E-state index contributed by atoms with van der Waals surface area (Å²) in [5, 5.41) is 9.96. The van der Waals surface area contributed by atoms with Gasteiger partial charge in [0.1, 0.15) is 5.75 Å². The second kappa shape index (κ2) is 5.74. The quantitative estimate of drug-likeness (QED) is 0.849. The van der Waals surface area contributed by atoms with Gasteiger partial charge < -0.3 is 5.11 Å². The summed E-state index contributed by atoms with van der Waals surface area (Å²) >= 11 is 0. The molecule has 0 bridgehead atoms. The van der Waals surface area contributed by atoms with Gasteiger partial charge in [-0.05, 0) is 50.8 Å². The molecule has 0 amide bonds. The van der Waals surface area contributed by atoms with Crippen molar-refractivity contribution in [1.82, 2.24) is 4.90 Å². The van der Waals surface area contributed by atoms with Crippen LogP contribution in [0.5, 0.6) is 5.75 Å². The standard InChI is InChI=1S/C16H23NO2/c1-11-4-5-12(2)17(9-11)10-15-8-14(13(3)18)6-7-16(15)19/h6-8,11-12,19H,4-5,9-10H2,1-3H3. The van der Waals surface area contributed by atoms with Crippen LogP contribution in [0.25, 0.3) is 0 Å². The van der Waals surface area contributed by atoms with Gasteiger partial charge in [0.05, 0.1) is 0 Å². The normalized spacial score (nSPS) is 24.4. The summed E-state index contributed by atoms with van der Waals surface area (Å²) < 4.78 is 0. The lowest BCUT2D eigenvalue weighted by Crippen LogP contribution is -2.40. The van der Waals surface area contributed by atoms with Crippen molar-refractivity contribution in [2.45, 2.75) is 46.2 Å². The molecular formula is C16H23NO2. The van der Waals surface area contributed by atoms with Crippen LogP contribution in [-0.4, -0.2) is 28.4 Å². The molecule has 0 radical (unpaired) electrons. The van der Waals surface area contributed by atoms with E-state index in [0.717, 1.165) is 18.7 Å². The highest BCUT2D eigenvalue weighted by atomic mass is 16.3. The van der Waals surface area contributed by atoms with Gasteiger partial charge in [0.15, 0.2) is 5.78 Å². The molecule has 0 aliphatic carbocycles. The van der Waals surface area contributed by atoms with Crippen LogP contribution in [0.2, 0.25) is 0 Å². The van der Waals surface area contributed by atoms with E-state index in [1.165, 1.54) is 12.8 Å². The van der Waals surface area contributed by atoms with E-state index in [1.807, 2.05) is 6.07 Å². The van der Waals surface area contributed by atoms with Crippen molar-refractivity contribution in [2.24, 2.45) is 5.92 Å². The Bertz CT molecular complexity index is 470. The van der Waals surface area contributed by atoms with Gasteiger partial charge in [-0.1, -0.05) is 6.92 Å². The van der Waals surface area contributed by atoms with Crippen LogP contribution in [0.4, 0.5) is 0 Å². The largest absolute Gasteiger partial charge is 0.508 e. The van der Waals surface area contributed by atoms with Crippen molar-refractivity contribution in [1.29, 1.82) is 0 Å². The van der Waals surface area contributed by atoms with E-state index in [0.29, 0.717) is 17.5 Å². The van der Waals surface area contributed by atoms with E-state index in [-0.39, 0.29) is 11.5 Å². The van der Waals surface area contributed by atoms with E-state index >= 15 is 0 Å². The van der Waals surface area contributed by atoms with Crippen LogP contribution in [-0.2, 0) is 6.54 Å². The van der Waals surface area contributed by atoms with E-state index in [1.54, 1.807) is 19.1 Å². The minimum atomic E-state index is 0.0429. The number of carbonyl (C=O) groups excluding carboxylic acids is 1. The van der Waals surface area contributed by atoms with Crippen LogP contribution in [0.15, 0.2) is 18.2 Å². The number of phenols is 1. The lowest BCUT2D eigenvalue weighted by molar-refractivity contribution is 0.101. The summed E-state index contributed by atoms with van der Waals surface area (Å²) in [6.07, 6.45) is 2.48. The summed E-state index contributed by atoms with van der Waals surface area (Å²) in [5.74, 6) is 1.03. The molecule has 2 rings (SSSR count). The van der Waals surface area contributed by atoms with Crippen molar-refractivity contribution in [3.63, 3.8) is 0 Å². The topological polar surface area (TPSA) is 40.5 Å². The number of rotatable bonds is 3. The Morgan fingerprint density at radius 2 is 2.11 bits per heavy atom. The first-order chi connectivity index (χ1) is 8.97. The lowest BCUT2D eigenvalue weighted by Gasteiger charge is -2.36. The predicted octanol–water partition coefficient (Wildman–Crippen LogP) is 3.22. The van der Waals surface area contributed by atoms with Gasteiger partial charge in [0.25, 0.3) is 0 Å². The summed E-state index contributed by atoms with van der Waals surface area (Å²) in [4.78, 5) is 13.8. The number of benzene rings is 1. The van der Waals surface area contributed by atoms with Crippen molar-refractivity contribution < 1.29 is 9.90 Å². The van der Waals surface area contributed by atoms with Gasteiger partial charge in [0.2, 0.25) is 0 Å². The van der Waals surface area contributed by atoms with E-state index in [4.69, 9.17) is 0 Å². The average molecular weight is 261 g/mol. The number of phenolic OH excluding ortho intramolecular Hbond substituents is 1. The average Bonchev–Trinajstić information content (AvgIpc) is 2.36. The zero-order valence-electron chi connectivity index (χ0n) is 12.0. The maximum atomic E-state index is 11.4. The van der Waals surface area contributed by atoms with Gasteiger partial charge >= 0.3 is 0 Å². The molecule has 0 saturated carbocycles. The van der Waals surface area contributed by atoms with Crippen LogP contribution in [0.3, 0.4) is 0 Å². The SMILES string of the molecule is CC(=O)c1ccc(O)c(CN2CC(C)CCC2C)c1. The Labute approximate surface area is 115 Å². The molecule has 3 heteroatoms. The summed E-state index contributed by atoms with van der Waals surface area (Å²) in [6, 6.07) is 5.67. The Morgan fingerprint density at radius 3 is 2.79 bits per heavy atom. The van der Waals surface area contributed by atoms with Crippen molar-refractivity contribution >= 4 is 5.78 Å². The second-order valence-corrected chi connectivity index (χ2v) is 5.86. The van der Waals surface area contributed by atoms with Crippen LogP contribution in [0, 0.1) is 5.92 Å². The van der Waals surface area contributed by atoms with Crippen LogP contribution >= 0.6 is 0 Å². The molecular weight excluding hydrogens is 238 g/mol. The number of hydrogen-bond acceptors (Lipinski definition) is 3. The smallest absolute Gasteiger partial charge is 0.159 e. The van der Waals surface area contributed by atoms with E-state index < -0.39 is 0 Å². The minimum absolute atomic E-state index is 0.0429. The summed E-state index contributed by atoms with van der Waals surface area (Å²) in [7, 11) is 0. The fraction of sp³-hybridized carbons (Fsp3) is 0.562. The molecule has 1 aliphatic rings. The minimum Gasteiger partial charge on any atom is -0.508 e. The molecule has 104 valence electrons. The molecule has 1 saturated heterocycles. The number of ketones is 1. The number of piperidine rings is 1. The molecule has 1 aromatic carbocycles. The fourth-order valence-electron chi connectivity index (χ4n) is 2.75. The molecule has 1 N–H and O–H groups in total. The zero-order valence-corrected chi connectivity index (χ0v) is 12.0. The third-order valence-corrected chi connectivity index (χ3v) is 4.11. The van der Waals surface area contributed by atoms with Gasteiger partial charge in [-0.3, -0.25) is 9.69 Å². The highest BCUT2D eigenvalue weighted by molar-refractivity contribution is 5.94. The van der Waals surface area contributed by atoms with Crippen molar-refractivity contribution in [2.75, 3.05) is 6.54 Å². The molecule has 1 aliphatic heterocycles. The number of aromatic hydroxyl groups is 1. The molecule has 1 aromatic rings. The summed E-state index contributed by atoms with van der Waals surface area (Å²) in [5.41, 5.74) is 1.53. The van der Waals surface area contributed by atoms with Crippen LogP contribution < -0.4 is 0 Å². The first kappa shape index (κ1) is 14.1. The van der Waals surface area contributed by atoms with E-state index in [2.05, 4.69) is 18.7 Å². The van der Waals surface area contributed by atoms with Gasteiger partial charge in [0, 0.05) is 30.3 Å². The zero-order chi connectivity index (χ0) is 14.0. The Hall–Kier alpha value is -1.35. The Morgan fingerprint density at radius 1 is 1.37 bits per heavy atom. The molecule has 0 spiro atoms. The highest BCUT2D eigenvalue weighted by Crippen LogP contribution is 2.26. The van der Waals surface area contributed by atoms with Gasteiger partial charge in [-0.15, -0.1) is 0 Å². The fourth-order valence-corrected chi connectivity index (χ4v) is 2.75. The maximum Gasteiger partial charge on any atom is 0.159 e. The van der Waals surface area contributed by atoms with Crippen molar-refractivity contribution in [3.05, 3.63) is 29.3 Å². The number of hydrogen-bond donors (Lipinski definition) is 1. The first-order valence-corrected chi connectivity index (χ1v) is 7.04. The van der Waals surface area contributed by atoms with Gasteiger partial charge in [-0.25, -0.2) is 0 Å². The summed E-state index contributed by atoms with van der Waals surface area (Å²) in [6.45, 7) is 7.84. The Kier molecular flexibility index (Phi) is 4.25. The number of likely N-dealkylation sites (tertiary alicyclic amines) is 1. The molecule has 0 aromatic heterocycles. The third kappa shape index (κ3) is 3.35. The van der Waals surface area contributed by atoms with Crippen molar-refractivity contribution in [3.8, 4) is 5.75 Å². The highest BCUT2D eigenvalue weighted by Gasteiger charge is 2.23. The molecule has 1 heterocycles. The van der Waals surface area contributed by atoms with Crippen LogP contribution in [0.1, 0.15) is 49.5 Å². The number of carbonyl (C=O) groups is 1. The van der Waals surface area contributed by atoms with Gasteiger partial charge in [-0.2, -0.15) is 0 Å². The molecule has 3 nitrogen and oxygen atoms in total. The number of nitrogens with zero attached hydrogens (tertiary/aromatic N) is 1. The first-order valence-electron chi connectivity index (χ1n) is 7.04. The van der Waals surface area contributed by atoms with E-state index in [9.17, 15) is 9.90 Å². The second-order valence-electron chi connectivity index (χ2n) is 5.86. The molecule has 19 heavy (non-hydrogen) atoms. The molecule has 2 atom stereocenters. The number of Topliss-reactive ketones (excluding diaryl/α,β-unsaturated/α-hetero) is 1.